The Morgan fingerprint density at radius 1 is 0.636 bits per heavy atom. The largest absolute Gasteiger partial charge is 0.460 e. The molecule has 1 aliphatic rings. The van der Waals surface area contributed by atoms with Crippen LogP contribution in [0.3, 0.4) is 0 Å². The predicted octanol–water partition coefficient (Wildman–Crippen LogP) is 2.42. The highest BCUT2D eigenvalue weighted by Crippen LogP contribution is 2.22. The Morgan fingerprint density at radius 3 is 1.68 bits per heavy atom. The lowest BCUT2D eigenvalue weighted by atomic mass is 9.98. The molecule has 7 amide bonds. The van der Waals surface area contributed by atoms with Crippen molar-refractivity contribution in [2.75, 3.05) is 13.1 Å². The summed E-state index contributed by atoms with van der Waals surface area (Å²) in [5.41, 5.74) is -2.81. The summed E-state index contributed by atoms with van der Waals surface area (Å²) in [7, 11) is 0. The Bertz CT molecular complexity index is 1760. The number of amides is 7. The molecule has 66 heavy (non-hydrogen) atoms. The third kappa shape index (κ3) is 21.0. The highest BCUT2D eigenvalue weighted by Gasteiger charge is 2.41. The van der Waals surface area contributed by atoms with Gasteiger partial charge < -0.3 is 51.0 Å². The van der Waals surface area contributed by atoms with Crippen LogP contribution in [-0.4, -0.2) is 130 Å². The Morgan fingerprint density at radius 2 is 1.17 bits per heavy atom. The Kier molecular flexibility index (Phi) is 22.7. The fourth-order valence-electron chi connectivity index (χ4n) is 6.51. The summed E-state index contributed by atoms with van der Waals surface area (Å²) in [4.78, 5) is 135. The van der Waals surface area contributed by atoms with Crippen molar-refractivity contribution in [2.45, 2.75) is 182 Å². The number of esters is 2. The Hall–Kier alpha value is -5.82. The van der Waals surface area contributed by atoms with Crippen LogP contribution < -0.4 is 31.9 Å². The molecule has 1 saturated heterocycles. The second-order valence-electron chi connectivity index (χ2n) is 19.8. The van der Waals surface area contributed by atoms with E-state index >= 15 is 0 Å². The maximum Gasteiger partial charge on any atom is 0.408 e. The SMILES string of the molecule is C=CCNC(=O)C(=O)C(CC=C)NC(=O)[C@@H]1CCCN1C(=O)[C@@H](NC(=O)[C@@H](NC(=O)[C@H](CCC(=O)OC(C)(C)C)NC(=O)[C@H](CC(=O)OC(C)(C)C)NC(=O)OC(C)(C)C)C(C)C)C(C)C. The van der Waals surface area contributed by atoms with Gasteiger partial charge in [-0.05, 0) is 99.8 Å². The van der Waals surface area contributed by atoms with Gasteiger partial charge in [-0.3, -0.25) is 43.2 Å². The Labute approximate surface area is 389 Å². The van der Waals surface area contributed by atoms with E-state index < -0.39 is 131 Å². The molecule has 1 heterocycles. The van der Waals surface area contributed by atoms with Crippen molar-refractivity contribution in [1.29, 1.82) is 0 Å². The van der Waals surface area contributed by atoms with Gasteiger partial charge in [0.1, 0.15) is 53.1 Å². The summed E-state index contributed by atoms with van der Waals surface area (Å²) in [5, 5.41) is 15.2. The van der Waals surface area contributed by atoms with E-state index in [0.29, 0.717) is 6.42 Å². The number of nitrogens with one attached hydrogen (secondary N) is 6. The highest BCUT2D eigenvalue weighted by molar-refractivity contribution is 6.38. The lowest BCUT2D eigenvalue weighted by Gasteiger charge is -2.33. The van der Waals surface area contributed by atoms with Crippen LogP contribution in [0.5, 0.6) is 0 Å². The summed E-state index contributed by atoms with van der Waals surface area (Å²) in [5.74, 6) is -8.50. The molecule has 1 aliphatic heterocycles. The van der Waals surface area contributed by atoms with Gasteiger partial charge >= 0.3 is 18.0 Å². The average Bonchev–Trinajstić information content (AvgIpc) is 3.66. The molecule has 0 radical (unpaired) electrons. The normalized spacial score (nSPS) is 16.3. The van der Waals surface area contributed by atoms with Crippen LogP contribution in [0.4, 0.5) is 4.79 Å². The molecule has 0 spiro atoms. The molecule has 0 aromatic rings. The topological polar surface area (TPSA) is 274 Å². The number of rotatable bonds is 23. The van der Waals surface area contributed by atoms with Crippen LogP contribution in [0.15, 0.2) is 25.3 Å². The summed E-state index contributed by atoms with van der Waals surface area (Å²) in [6, 6.07) is -7.94. The second-order valence-corrected chi connectivity index (χ2v) is 19.8. The van der Waals surface area contributed by atoms with Gasteiger partial charge in [0.15, 0.2) is 0 Å². The zero-order valence-electron chi connectivity index (χ0n) is 41.1. The maximum atomic E-state index is 14.2. The molecule has 6 N–H and O–H groups in total. The van der Waals surface area contributed by atoms with Crippen molar-refractivity contribution < 1.29 is 62.2 Å². The zero-order valence-corrected chi connectivity index (χ0v) is 41.1. The molecular weight excluding hydrogens is 859 g/mol. The standard InChI is InChI=1S/C46H75N7O13/c1-16-19-28(36(56)41(61)47-23-17-2)48-39(59)31-20-18-24-53(31)42(62)35(27(5)6)52-40(60)34(26(3)4)51-37(57)29(21-22-32(54)64-44(7,8)9)49-38(58)30(25-33(55)65-45(10,11)12)50-43(63)66-46(13,14)15/h16-17,26-31,34-35H,1-2,18-25H2,3-15H3,(H,47,61)(H,48,59)(H,49,58)(H,50,63)(H,51,57)(H,52,60)/t28?,29-,30-,31-,34-,35-/m0/s1. The molecule has 6 atom stereocenters. The minimum absolute atomic E-state index is 0.0338. The molecule has 0 bridgehead atoms. The zero-order chi connectivity index (χ0) is 50.9. The predicted molar refractivity (Wildman–Crippen MR) is 244 cm³/mol. The lowest BCUT2D eigenvalue weighted by molar-refractivity contribution is -0.156. The van der Waals surface area contributed by atoms with Crippen LogP contribution >= 0.6 is 0 Å². The number of Topliss-reactive ketones (excluding diaryl/α,β-unsaturated/α-hetero) is 1. The summed E-state index contributed by atoms with van der Waals surface area (Å²) in [6.07, 6.45) is 0.966. The van der Waals surface area contributed by atoms with E-state index in [-0.39, 0.29) is 38.8 Å². The summed E-state index contributed by atoms with van der Waals surface area (Å²) in [6.45, 7) is 28.5. The van der Waals surface area contributed by atoms with Crippen molar-refractivity contribution in [1.82, 2.24) is 36.8 Å². The summed E-state index contributed by atoms with van der Waals surface area (Å²) >= 11 is 0. The first-order chi connectivity index (χ1) is 30.3. The first-order valence-electron chi connectivity index (χ1n) is 22.3. The first kappa shape index (κ1) is 58.2. The molecule has 0 aromatic heterocycles. The van der Waals surface area contributed by atoms with E-state index in [4.69, 9.17) is 14.2 Å². The van der Waals surface area contributed by atoms with Gasteiger partial charge in [0.2, 0.25) is 35.3 Å². The number of likely N-dealkylation sites (tertiary alicyclic amines) is 1. The third-order valence-corrected chi connectivity index (χ3v) is 9.47. The number of carbonyl (C=O) groups excluding carboxylic acids is 10. The van der Waals surface area contributed by atoms with Crippen molar-refractivity contribution in [3.05, 3.63) is 25.3 Å². The quantitative estimate of drug-likeness (QED) is 0.0372. The van der Waals surface area contributed by atoms with Gasteiger partial charge in [0.05, 0.1) is 6.42 Å². The highest BCUT2D eigenvalue weighted by atomic mass is 16.6. The van der Waals surface area contributed by atoms with E-state index in [1.807, 2.05) is 0 Å². The molecule has 1 fully saturated rings. The molecule has 0 saturated carbocycles. The summed E-state index contributed by atoms with van der Waals surface area (Å²) < 4.78 is 16.1. The lowest BCUT2D eigenvalue weighted by Crippen LogP contribution is -2.61. The van der Waals surface area contributed by atoms with E-state index in [1.165, 1.54) is 17.1 Å². The second kappa shape index (κ2) is 25.8. The van der Waals surface area contributed by atoms with E-state index in [0.717, 1.165) is 0 Å². The van der Waals surface area contributed by atoms with Gasteiger partial charge in [-0.25, -0.2) is 4.79 Å². The molecule has 20 nitrogen and oxygen atoms in total. The third-order valence-electron chi connectivity index (χ3n) is 9.47. The molecular formula is C46H75N7O13. The van der Waals surface area contributed by atoms with E-state index in [1.54, 1.807) is 90.0 Å². The average molecular weight is 934 g/mol. The Balaban J connectivity index is 3.46. The van der Waals surface area contributed by atoms with Crippen LogP contribution in [0.25, 0.3) is 0 Å². The van der Waals surface area contributed by atoms with Crippen LogP contribution in [0, 0.1) is 11.8 Å². The van der Waals surface area contributed by atoms with Gasteiger partial charge in [-0.1, -0.05) is 39.8 Å². The number of alkyl carbamates (subject to hydrolysis) is 1. The molecule has 1 unspecified atom stereocenters. The minimum atomic E-state index is -1.61. The fourth-order valence-corrected chi connectivity index (χ4v) is 6.51. The number of carbonyl (C=O) groups is 10. The molecule has 0 aromatic carbocycles. The first-order valence-corrected chi connectivity index (χ1v) is 22.3. The van der Waals surface area contributed by atoms with E-state index in [2.05, 4.69) is 45.1 Å². The fraction of sp³-hybridized carbons (Fsp3) is 0.696. The monoisotopic (exact) mass is 934 g/mol. The molecule has 0 aliphatic carbocycles. The van der Waals surface area contributed by atoms with Gasteiger partial charge in [0.25, 0.3) is 5.91 Å². The van der Waals surface area contributed by atoms with Crippen LogP contribution in [0.1, 0.15) is 129 Å². The van der Waals surface area contributed by atoms with Crippen LogP contribution in [-0.2, 0) is 57.4 Å². The smallest absolute Gasteiger partial charge is 0.408 e. The molecule has 1 rings (SSSR count). The van der Waals surface area contributed by atoms with Crippen molar-refractivity contribution in [3.8, 4) is 0 Å². The number of nitrogens with zero attached hydrogens (tertiary/aromatic N) is 1. The molecule has 372 valence electrons. The van der Waals surface area contributed by atoms with Gasteiger partial charge in [0, 0.05) is 19.5 Å². The minimum Gasteiger partial charge on any atom is -0.460 e. The van der Waals surface area contributed by atoms with Crippen molar-refractivity contribution in [3.63, 3.8) is 0 Å². The van der Waals surface area contributed by atoms with Crippen molar-refractivity contribution in [2.24, 2.45) is 11.8 Å². The molecule has 20 heteroatoms. The van der Waals surface area contributed by atoms with Gasteiger partial charge in [-0.2, -0.15) is 0 Å². The number of ether oxygens (including phenoxy) is 3. The maximum absolute atomic E-state index is 14.2. The number of hydrogen-bond acceptors (Lipinski definition) is 13. The van der Waals surface area contributed by atoms with E-state index in [9.17, 15) is 47.9 Å². The number of hydrogen-bond donors (Lipinski definition) is 6. The number of ketones is 1. The van der Waals surface area contributed by atoms with Crippen molar-refractivity contribution >= 4 is 59.3 Å². The van der Waals surface area contributed by atoms with Gasteiger partial charge in [-0.15, -0.1) is 13.2 Å². The van der Waals surface area contributed by atoms with Crippen LogP contribution in [0.2, 0.25) is 0 Å².